The van der Waals surface area contributed by atoms with Crippen molar-refractivity contribution in [2.45, 2.75) is 44.8 Å². The molecule has 0 amide bonds. The summed E-state index contributed by atoms with van der Waals surface area (Å²) in [7, 11) is 0. The lowest BCUT2D eigenvalue weighted by atomic mass is 9.80. The van der Waals surface area contributed by atoms with Crippen LogP contribution in [0.1, 0.15) is 32.6 Å². The van der Waals surface area contributed by atoms with Gasteiger partial charge in [0.25, 0.3) is 0 Å². The molecule has 3 aliphatic rings. The molecule has 0 bridgehead atoms. The molecule has 0 saturated heterocycles. The minimum absolute atomic E-state index is 0.0902. The number of fused-ring (bicyclic) bond motifs is 2. The molecular formula is C22H24BrN5O2. The highest BCUT2D eigenvalue weighted by Gasteiger charge is 2.39. The number of allylic oxidation sites excluding steroid dienone is 3. The monoisotopic (exact) mass is 469 g/mol. The Morgan fingerprint density at radius 2 is 2.10 bits per heavy atom. The van der Waals surface area contributed by atoms with E-state index in [1.807, 2.05) is 24.3 Å². The van der Waals surface area contributed by atoms with Crippen LogP contribution >= 0.6 is 15.9 Å². The molecule has 1 atom stereocenters. The normalized spacial score (nSPS) is 28.8. The predicted octanol–water partition coefficient (Wildman–Crippen LogP) is 4.29. The van der Waals surface area contributed by atoms with Gasteiger partial charge in [-0.15, -0.1) is 0 Å². The van der Waals surface area contributed by atoms with Crippen LogP contribution < -0.4 is 5.32 Å². The van der Waals surface area contributed by atoms with E-state index in [-0.39, 0.29) is 17.6 Å². The molecule has 5 rings (SSSR count). The number of aliphatic imine (C=N–C) groups is 2. The lowest BCUT2D eigenvalue weighted by Crippen LogP contribution is -2.39. The van der Waals surface area contributed by atoms with Crippen molar-refractivity contribution in [3.63, 3.8) is 0 Å². The summed E-state index contributed by atoms with van der Waals surface area (Å²) >= 11 is 3.66. The van der Waals surface area contributed by atoms with Crippen molar-refractivity contribution >= 4 is 44.3 Å². The van der Waals surface area contributed by atoms with E-state index in [1.165, 1.54) is 0 Å². The lowest BCUT2D eigenvalue weighted by molar-refractivity contribution is 0.0368. The second-order valence-corrected chi connectivity index (χ2v) is 9.19. The number of nitrogens with one attached hydrogen (secondary N) is 2. The third-order valence-corrected chi connectivity index (χ3v) is 6.57. The maximum atomic E-state index is 9.80. The molecule has 7 nitrogen and oxygen atoms in total. The molecule has 2 aliphatic carbocycles. The van der Waals surface area contributed by atoms with Gasteiger partial charge in [-0.3, -0.25) is 0 Å². The van der Waals surface area contributed by atoms with E-state index in [9.17, 15) is 5.11 Å². The number of hydrogen-bond acceptors (Lipinski definition) is 6. The van der Waals surface area contributed by atoms with Gasteiger partial charge in [0.1, 0.15) is 0 Å². The summed E-state index contributed by atoms with van der Waals surface area (Å²) in [6, 6.07) is 5.92. The van der Waals surface area contributed by atoms with Gasteiger partial charge in [-0.1, -0.05) is 6.08 Å². The maximum Gasteiger partial charge on any atom is 0.222 e. The van der Waals surface area contributed by atoms with Crippen LogP contribution in [0, 0.1) is 5.41 Å². The average molecular weight is 470 g/mol. The molecule has 0 spiro atoms. The largest absolute Gasteiger partial charge is 0.487 e. The van der Waals surface area contributed by atoms with E-state index >= 15 is 0 Å². The summed E-state index contributed by atoms with van der Waals surface area (Å²) in [5.74, 6) is 1.34. The van der Waals surface area contributed by atoms with E-state index in [1.54, 1.807) is 6.33 Å². The Kier molecular flexibility index (Phi) is 4.99. The molecule has 8 heteroatoms. The Morgan fingerprint density at radius 1 is 1.27 bits per heavy atom. The van der Waals surface area contributed by atoms with Gasteiger partial charge in [-0.25, -0.2) is 15.0 Å². The number of ether oxygens (including phenoxy) is 1. The van der Waals surface area contributed by atoms with E-state index < -0.39 is 0 Å². The first-order valence-electron chi connectivity index (χ1n) is 10.3. The van der Waals surface area contributed by atoms with Crippen molar-refractivity contribution < 1.29 is 9.84 Å². The number of aliphatic hydroxyl groups excluding tert-OH is 1. The van der Waals surface area contributed by atoms with Gasteiger partial charge >= 0.3 is 0 Å². The molecule has 3 N–H and O–H groups in total. The van der Waals surface area contributed by atoms with E-state index in [0.29, 0.717) is 12.5 Å². The highest BCUT2D eigenvalue weighted by molar-refractivity contribution is 9.11. The lowest BCUT2D eigenvalue weighted by Gasteiger charge is -2.36. The van der Waals surface area contributed by atoms with E-state index in [2.05, 4.69) is 49.2 Å². The summed E-state index contributed by atoms with van der Waals surface area (Å²) in [4.78, 5) is 16.9. The molecule has 1 fully saturated rings. The van der Waals surface area contributed by atoms with Crippen molar-refractivity contribution in [1.29, 1.82) is 0 Å². The van der Waals surface area contributed by atoms with Gasteiger partial charge in [0.05, 0.1) is 51.7 Å². The topological polar surface area (TPSA) is 94.9 Å². The van der Waals surface area contributed by atoms with Crippen molar-refractivity contribution in [1.82, 2.24) is 9.97 Å². The number of rotatable bonds is 3. The molecule has 2 heterocycles. The van der Waals surface area contributed by atoms with Crippen molar-refractivity contribution in [3.05, 3.63) is 46.9 Å². The zero-order valence-electron chi connectivity index (χ0n) is 16.7. The number of aliphatic hydroxyl groups is 1. The summed E-state index contributed by atoms with van der Waals surface area (Å²) < 4.78 is 7.31. The fourth-order valence-electron chi connectivity index (χ4n) is 4.12. The number of nitrogens with zero attached hydrogens (tertiary/aromatic N) is 3. The molecule has 2 aromatic rings. The fourth-order valence-corrected chi connectivity index (χ4v) is 4.54. The Bertz CT molecular complexity index is 1090. The second kappa shape index (κ2) is 7.67. The number of H-pyrrole nitrogens is 1. The first-order chi connectivity index (χ1) is 14.5. The molecule has 30 heavy (non-hydrogen) atoms. The number of guanidine groups is 1. The third-order valence-electron chi connectivity index (χ3n) is 5.95. The van der Waals surface area contributed by atoms with Crippen LogP contribution in [-0.2, 0) is 4.74 Å². The highest BCUT2D eigenvalue weighted by atomic mass is 79.9. The first kappa shape index (κ1) is 19.5. The molecule has 1 aromatic carbocycles. The van der Waals surface area contributed by atoms with Crippen LogP contribution in [0.4, 0.5) is 5.69 Å². The number of anilines is 1. The predicted molar refractivity (Wildman–Crippen MR) is 122 cm³/mol. The Balaban J connectivity index is 1.40. The number of aromatic nitrogens is 2. The Morgan fingerprint density at radius 3 is 2.93 bits per heavy atom. The molecule has 1 aromatic heterocycles. The van der Waals surface area contributed by atoms with Crippen molar-refractivity contribution in [2.24, 2.45) is 15.4 Å². The van der Waals surface area contributed by atoms with Gasteiger partial charge in [0, 0.05) is 5.69 Å². The van der Waals surface area contributed by atoms with Crippen molar-refractivity contribution in [3.8, 4) is 0 Å². The molecular weight excluding hydrogens is 446 g/mol. The number of benzene rings is 1. The van der Waals surface area contributed by atoms with E-state index in [0.717, 1.165) is 58.4 Å². The summed E-state index contributed by atoms with van der Waals surface area (Å²) in [6.07, 6.45) is 8.98. The van der Waals surface area contributed by atoms with Gasteiger partial charge in [0.2, 0.25) is 5.96 Å². The van der Waals surface area contributed by atoms with Crippen LogP contribution in [0.3, 0.4) is 0 Å². The third kappa shape index (κ3) is 3.70. The summed E-state index contributed by atoms with van der Waals surface area (Å²) in [5.41, 5.74) is 3.35. The molecule has 0 radical (unpaired) electrons. The maximum absolute atomic E-state index is 9.80. The van der Waals surface area contributed by atoms with Gasteiger partial charge < -0.3 is 20.1 Å². The smallest absolute Gasteiger partial charge is 0.222 e. The number of imidazole rings is 1. The average Bonchev–Trinajstić information content (AvgIpc) is 3.21. The fraction of sp³-hybridized carbons (Fsp3) is 0.409. The second-order valence-electron chi connectivity index (χ2n) is 8.34. The van der Waals surface area contributed by atoms with E-state index in [4.69, 9.17) is 9.73 Å². The standard InChI is InChI=1S/C22H24BrN5O2/c1-22-9-8-16(23)19(30-15-5-3-14(29)4-6-15)20(22)28-21(24-11-22)27-13-2-7-17-18(10-13)26-12-25-17/h2,7-10,12,14-15,29H,3-6,11H2,1H3,(H,24,27)(H,25,26). The van der Waals surface area contributed by atoms with Gasteiger partial charge in [0.15, 0.2) is 5.76 Å². The minimum atomic E-state index is -0.306. The SMILES string of the molecule is CC12C=CC(Br)=C(OC3CCC(O)CC3)C1=NC(Nc1ccc3nc[nH]c3c1)=NC2. The van der Waals surface area contributed by atoms with Gasteiger partial charge in [-0.05, 0) is 72.8 Å². The Hall–Kier alpha value is -2.45. The number of halogens is 1. The molecule has 1 saturated carbocycles. The number of aromatic amines is 1. The minimum Gasteiger partial charge on any atom is -0.487 e. The van der Waals surface area contributed by atoms with Gasteiger partial charge in [-0.2, -0.15) is 0 Å². The van der Waals surface area contributed by atoms with Crippen LogP contribution in [0.5, 0.6) is 0 Å². The first-order valence-corrected chi connectivity index (χ1v) is 11.1. The zero-order valence-corrected chi connectivity index (χ0v) is 18.3. The van der Waals surface area contributed by atoms with Crippen LogP contribution in [-0.4, -0.2) is 45.5 Å². The molecule has 156 valence electrons. The van der Waals surface area contributed by atoms with Crippen LogP contribution in [0.25, 0.3) is 11.0 Å². The van der Waals surface area contributed by atoms with Crippen LogP contribution in [0.2, 0.25) is 0 Å². The Labute approximate surface area is 183 Å². The van der Waals surface area contributed by atoms with Crippen molar-refractivity contribution in [2.75, 3.05) is 11.9 Å². The molecule has 1 aliphatic heterocycles. The number of hydrogen-bond donors (Lipinski definition) is 3. The zero-order chi connectivity index (χ0) is 20.7. The highest BCUT2D eigenvalue weighted by Crippen LogP contribution is 2.38. The quantitative estimate of drug-likeness (QED) is 0.624. The summed E-state index contributed by atoms with van der Waals surface area (Å²) in [6.45, 7) is 2.72. The van der Waals surface area contributed by atoms with Crippen LogP contribution in [0.15, 0.2) is 56.9 Å². The summed E-state index contributed by atoms with van der Waals surface area (Å²) in [5, 5.41) is 13.1. The molecule has 1 unspecified atom stereocenters.